The third kappa shape index (κ3) is 4.66. The van der Waals surface area contributed by atoms with E-state index in [1.54, 1.807) is 46.1 Å². The molecule has 1 aliphatic rings. The number of nitro groups is 1. The summed E-state index contributed by atoms with van der Waals surface area (Å²) in [7, 11) is 1.82. The Balaban J connectivity index is 1.53. The van der Waals surface area contributed by atoms with Crippen LogP contribution >= 0.6 is 0 Å². The van der Waals surface area contributed by atoms with E-state index in [1.165, 1.54) is 13.0 Å². The lowest BCUT2D eigenvalue weighted by molar-refractivity contribution is -0.384. The SMILES string of the molecule is CC(=O)N1CCN(c2ccc(C(=O)Nc3cccc(-c4nncn4C)c3)cc2[N+](=O)[O-])CC1. The van der Waals surface area contributed by atoms with Gasteiger partial charge in [-0.2, -0.15) is 0 Å². The third-order valence-corrected chi connectivity index (χ3v) is 5.59. The fraction of sp³-hybridized carbons (Fsp3) is 0.273. The Bertz CT molecular complexity index is 1210. The predicted molar refractivity (Wildman–Crippen MR) is 122 cm³/mol. The van der Waals surface area contributed by atoms with E-state index in [-0.39, 0.29) is 17.2 Å². The molecule has 0 spiro atoms. The smallest absolute Gasteiger partial charge is 0.293 e. The predicted octanol–water partition coefficient (Wildman–Crippen LogP) is 2.31. The molecular weight excluding hydrogens is 426 g/mol. The van der Waals surface area contributed by atoms with Crippen molar-refractivity contribution in [3.63, 3.8) is 0 Å². The molecule has 1 aromatic heterocycles. The molecule has 0 radical (unpaired) electrons. The number of hydrogen-bond acceptors (Lipinski definition) is 7. The van der Waals surface area contributed by atoms with Crippen LogP contribution in [0.15, 0.2) is 48.8 Å². The van der Waals surface area contributed by atoms with Gasteiger partial charge in [0.15, 0.2) is 5.82 Å². The van der Waals surface area contributed by atoms with E-state index in [9.17, 15) is 19.7 Å². The van der Waals surface area contributed by atoms with Crippen molar-refractivity contribution in [1.29, 1.82) is 0 Å². The number of carbonyl (C=O) groups is 2. The van der Waals surface area contributed by atoms with Gasteiger partial charge in [0.25, 0.3) is 11.6 Å². The minimum Gasteiger partial charge on any atom is -0.362 e. The molecule has 0 unspecified atom stereocenters. The highest BCUT2D eigenvalue weighted by atomic mass is 16.6. The number of rotatable bonds is 5. The zero-order valence-electron chi connectivity index (χ0n) is 18.3. The highest BCUT2D eigenvalue weighted by Crippen LogP contribution is 2.30. The number of nitrogens with one attached hydrogen (secondary N) is 1. The Hall–Kier alpha value is -4.28. The number of carbonyl (C=O) groups excluding carboxylic acids is 2. The van der Waals surface area contributed by atoms with E-state index < -0.39 is 10.8 Å². The van der Waals surface area contributed by atoms with Crippen molar-refractivity contribution in [3.05, 3.63) is 64.5 Å². The molecule has 0 atom stereocenters. The van der Waals surface area contributed by atoms with Crippen LogP contribution in [-0.2, 0) is 11.8 Å². The molecular formula is C22H23N7O4. The maximum Gasteiger partial charge on any atom is 0.293 e. The van der Waals surface area contributed by atoms with Crippen molar-refractivity contribution < 1.29 is 14.5 Å². The van der Waals surface area contributed by atoms with Gasteiger partial charge in [-0.1, -0.05) is 12.1 Å². The summed E-state index contributed by atoms with van der Waals surface area (Å²) in [5.41, 5.74) is 1.78. The Kier molecular flexibility index (Phi) is 6.03. The van der Waals surface area contributed by atoms with Crippen LogP contribution in [0, 0.1) is 10.1 Å². The van der Waals surface area contributed by atoms with E-state index in [2.05, 4.69) is 15.5 Å². The normalized spacial score (nSPS) is 13.6. The number of hydrogen-bond donors (Lipinski definition) is 1. The van der Waals surface area contributed by atoms with Crippen LogP contribution < -0.4 is 10.2 Å². The lowest BCUT2D eigenvalue weighted by Crippen LogP contribution is -2.48. The Morgan fingerprint density at radius 3 is 2.48 bits per heavy atom. The second-order valence-corrected chi connectivity index (χ2v) is 7.75. The molecule has 1 fully saturated rings. The first-order valence-electron chi connectivity index (χ1n) is 10.4. The maximum absolute atomic E-state index is 12.8. The average Bonchev–Trinajstić information content (AvgIpc) is 3.24. The molecule has 11 nitrogen and oxygen atoms in total. The summed E-state index contributed by atoms with van der Waals surface area (Å²) >= 11 is 0. The van der Waals surface area contributed by atoms with Crippen LogP contribution in [0.4, 0.5) is 17.1 Å². The molecule has 4 rings (SSSR count). The molecule has 1 N–H and O–H groups in total. The van der Waals surface area contributed by atoms with Crippen LogP contribution in [-0.4, -0.2) is 62.6 Å². The number of nitro benzene ring substituents is 1. The molecule has 1 aliphatic heterocycles. The Morgan fingerprint density at radius 2 is 1.85 bits per heavy atom. The summed E-state index contributed by atoms with van der Waals surface area (Å²) < 4.78 is 1.76. The number of aromatic nitrogens is 3. The number of nitrogens with zero attached hydrogens (tertiary/aromatic N) is 6. The summed E-state index contributed by atoms with van der Waals surface area (Å²) in [5, 5.41) is 22.5. The first-order chi connectivity index (χ1) is 15.8. The average molecular weight is 449 g/mol. The first kappa shape index (κ1) is 21.9. The molecule has 2 aromatic carbocycles. The topological polar surface area (TPSA) is 127 Å². The standard InChI is InChI=1S/C22H23N7O4/c1-15(30)27-8-10-28(11-9-27)19-7-6-17(13-20(19)29(32)33)22(31)24-18-5-3-4-16(12-18)21-25-23-14-26(21)2/h3-7,12-14H,8-11H2,1-2H3,(H,24,31). The zero-order chi connectivity index (χ0) is 23.5. The van der Waals surface area contributed by atoms with E-state index in [4.69, 9.17) is 0 Å². The van der Waals surface area contributed by atoms with E-state index >= 15 is 0 Å². The first-order valence-corrected chi connectivity index (χ1v) is 10.4. The van der Waals surface area contributed by atoms with Crippen LogP contribution in [0.3, 0.4) is 0 Å². The summed E-state index contributed by atoms with van der Waals surface area (Å²) in [5.74, 6) is 0.177. The molecule has 0 aliphatic carbocycles. The van der Waals surface area contributed by atoms with Gasteiger partial charge in [-0.25, -0.2) is 0 Å². The summed E-state index contributed by atoms with van der Waals surface area (Å²) in [6.45, 7) is 3.48. The van der Waals surface area contributed by atoms with Gasteiger partial charge < -0.3 is 19.7 Å². The fourth-order valence-corrected chi connectivity index (χ4v) is 3.82. The van der Waals surface area contributed by atoms with Gasteiger partial charge in [0.05, 0.1) is 4.92 Å². The van der Waals surface area contributed by atoms with Crippen LogP contribution in [0.2, 0.25) is 0 Å². The molecule has 0 saturated carbocycles. The minimum atomic E-state index is -0.488. The monoisotopic (exact) mass is 449 g/mol. The van der Waals surface area contributed by atoms with Gasteiger partial charge in [0.1, 0.15) is 12.0 Å². The number of benzene rings is 2. The summed E-state index contributed by atoms with van der Waals surface area (Å²) in [4.78, 5) is 39.2. The molecule has 2 heterocycles. The largest absolute Gasteiger partial charge is 0.362 e. The molecule has 11 heteroatoms. The quantitative estimate of drug-likeness (QED) is 0.468. The fourth-order valence-electron chi connectivity index (χ4n) is 3.82. The summed E-state index contributed by atoms with van der Waals surface area (Å²) in [6, 6.07) is 11.6. The van der Waals surface area contributed by atoms with Crippen molar-refractivity contribution in [2.45, 2.75) is 6.92 Å². The van der Waals surface area contributed by atoms with Gasteiger partial charge in [0, 0.05) is 63.0 Å². The van der Waals surface area contributed by atoms with Gasteiger partial charge in [0.2, 0.25) is 5.91 Å². The molecule has 2 amide bonds. The van der Waals surface area contributed by atoms with Crippen LogP contribution in [0.5, 0.6) is 0 Å². The maximum atomic E-state index is 12.8. The van der Waals surface area contributed by atoms with Crippen molar-refractivity contribution in [2.24, 2.45) is 7.05 Å². The van der Waals surface area contributed by atoms with Gasteiger partial charge in [-0.15, -0.1) is 10.2 Å². The molecule has 170 valence electrons. The van der Waals surface area contributed by atoms with Gasteiger partial charge >= 0.3 is 0 Å². The lowest BCUT2D eigenvalue weighted by Gasteiger charge is -2.35. The second-order valence-electron chi connectivity index (χ2n) is 7.75. The Morgan fingerprint density at radius 1 is 1.09 bits per heavy atom. The molecule has 3 aromatic rings. The van der Waals surface area contributed by atoms with Gasteiger partial charge in [-0.05, 0) is 24.3 Å². The van der Waals surface area contributed by atoms with E-state index in [0.717, 1.165) is 5.56 Å². The van der Waals surface area contributed by atoms with E-state index in [1.807, 2.05) is 18.0 Å². The highest BCUT2D eigenvalue weighted by molar-refractivity contribution is 6.05. The van der Waals surface area contributed by atoms with Crippen molar-refractivity contribution in [3.8, 4) is 11.4 Å². The van der Waals surface area contributed by atoms with Crippen LogP contribution in [0.25, 0.3) is 11.4 Å². The highest BCUT2D eigenvalue weighted by Gasteiger charge is 2.26. The molecule has 0 bridgehead atoms. The molecule has 1 saturated heterocycles. The number of amides is 2. The van der Waals surface area contributed by atoms with E-state index in [0.29, 0.717) is 43.4 Å². The summed E-state index contributed by atoms with van der Waals surface area (Å²) in [6.07, 6.45) is 1.58. The Labute approximate surface area is 189 Å². The van der Waals surface area contributed by atoms with Gasteiger partial charge in [-0.3, -0.25) is 19.7 Å². The van der Waals surface area contributed by atoms with Crippen molar-refractivity contribution in [1.82, 2.24) is 19.7 Å². The zero-order valence-corrected chi connectivity index (χ0v) is 18.3. The molecule has 33 heavy (non-hydrogen) atoms. The minimum absolute atomic E-state index is 0.0144. The second kappa shape index (κ2) is 9.07. The number of anilines is 2. The van der Waals surface area contributed by atoms with Crippen molar-refractivity contribution >= 4 is 28.9 Å². The van der Waals surface area contributed by atoms with Crippen molar-refractivity contribution in [2.75, 3.05) is 36.4 Å². The number of aryl methyl sites for hydroxylation is 1. The lowest BCUT2D eigenvalue weighted by atomic mass is 10.1. The van der Waals surface area contributed by atoms with Crippen LogP contribution in [0.1, 0.15) is 17.3 Å². The third-order valence-electron chi connectivity index (χ3n) is 5.59. The number of piperazine rings is 1.